The number of para-hydroxylation sites is 1. The van der Waals surface area contributed by atoms with Gasteiger partial charge in [0.15, 0.2) is 24.6 Å². The topological polar surface area (TPSA) is 116 Å². The molecule has 1 saturated heterocycles. The van der Waals surface area contributed by atoms with Crippen LogP contribution in [0.5, 0.6) is 5.75 Å². The third kappa shape index (κ3) is 7.46. The summed E-state index contributed by atoms with van der Waals surface area (Å²) in [6.07, 6.45) is -5.62. The molecule has 10 nitrogen and oxygen atoms in total. The Hall–Kier alpha value is -2.76. The zero-order valence-electron chi connectivity index (χ0n) is 17.5. The normalized spacial score (nSPS) is 25.1. The molecule has 0 radical (unpaired) electrons. The maximum absolute atomic E-state index is 11.8. The lowest BCUT2D eigenvalue weighted by Crippen LogP contribution is -2.62. The molecule has 11 heteroatoms. The average Bonchev–Trinajstić information content (AvgIpc) is 2.69. The Bertz CT molecular complexity index is 783. The highest BCUT2D eigenvalue weighted by Gasteiger charge is 2.52. The summed E-state index contributed by atoms with van der Waals surface area (Å²) in [6, 6.07) is 8.60. The maximum Gasteiger partial charge on any atom is 0.358 e. The molecule has 0 saturated carbocycles. The summed E-state index contributed by atoms with van der Waals surface area (Å²) in [6.45, 7) is 3.32. The zero-order chi connectivity index (χ0) is 23.0. The molecule has 31 heavy (non-hydrogen) atoms. The van der Waals surface area contributed by atoms with E-state index < -0.39 is 48.6 Å². The van der Waals surface area contributed by atoms with Gasteiger partial charge in [0, 0.05) is 40.1 Å². The lowest BCUT2D eigenvalue weighted by molar-refractivity contribution is -0.298. The Morgan fingerprint density at radius 3 is 2.06 bits per heavy atom. The van der Waals surface area contributed by atoms with Gasteiger partial charge < -0.3 is 33.2 Å². The zero-order valence-corrected chi connectivity index (χ0v) is 18.3. The van der Waals surface area contributed by atoms with Gasteiger partial charge in [0.2, 0.25) is 0 Å². The maximum atomic E-state index is 11.8. The molecule has 0 aromatic heterocycles. The van der Waals surface area contributed by atoms with Crippen LogP contribution < -0.4 is 4.74 Å². The van der Waals surface area contributed by atoms with Crippen molar-refractivity contribution in [2.24, 2.45) is 0 Å². The van der Waals surface area contributed by atoms with E-state index in [0.29, 0.717) is 5.75 Å². The summed E-state index contributed by atoms with van der Waals surface area (Å²) in [4.78, 5) is 34.7. The minimum atomic E-state index is -1.18. The van der Waals surface area contributed by atoms with Crippen molar-refractivity contribution in [3.8, 4) is 5.75 Å². The van der Waals surface area contributed by atoms with Gasteiger partial charge in [-0.05, 0) is 12.1 Å². The Balaban J connectivity index is 2.32. The molecule has 0 amide bonds. The molecule has 1 fully saturated rings. The molecule has 0 N–H and O–H groups in total. The van der Waals surface area contributed by atoms with Crippen molar-refractivity contribution in [1.82, 2.24) is 0 Å². The van der Waals surface area contributed by atoms with Crippen LogP contribution in [0.3, 0.4) is 0 Å². The van der Waals surface area contributed by atoms with Gasteiger partial charge in [-0.1, -0.05) is 18.2 Å². The molecule has 0 aliphatic carbocycles. The molecular weight excluding hydrogens is 432 g/mol. The minimum Gasteiger partial charge on any atom is -0.463 e. The first kappa shape index (κ1) is 24.5. The molecule has 0 spiro atoms. The number of carbonyl (C=O) groups excluding carboxylic acids is 3. The highest BCUT2D eigenvalue weighted by atomic mass is 32.1. The van der Waals surface area contributed by atoms with Crippen LogP contribution in [0.25, 0.3) is 0 Å². The van der Waals surface area contributed by atoms with Crippen LogP contribution in [0.4, 0.5) is 0 Å². The SMILES string of the molecule is CO[C@H]1O[C@H](COC(C)=O)[C@H](OC(C)=O)[C@H](OC(=S)Oc2ccccc2)[C@H]1OC(C)=O. The second-order valence-electron chi connectivity index (χ2n) is 6.48. The third-order valence-electron chi connectivity index (χ3n) is 4.06. The first-order valence-electron chi connectivity index (χ1n) is 9.30. The molecular formula is C20H24O10S. The van der Waals surface area contributed by atoms with Crippen molar-refractivity contribution in [3.05, 3.63) is 30.3 Å². The van der Waals surface area contributed by atoms with Crippen LogP contribution in [-0.4, -0.2) is 67.6 Å². The third-order valence-corrected chi connectivity index (χ3v) is 4.23. The van der Waals surface area contributed by atoms with Gasteiger partial charge >= 0.3 is 23.1 Å². The molecule has 1 aliphatic rings. The molecule has 170 valence electrons. The van der Waals surface area contributed by atoms with E-state index in [1.165, 1.54) is 27.9 Å². The highest BCUT2D eigenvalue weighted by Crippen LogP contribution is 2.30. The fourth-order valence-electron chi connectivity index (χ4n) is 2.91. The highest BCUT2D eigenvalue weighted by molar-refractivity contribution is 7.79. The molecule has 0 unspecified atom stereocenters. The summed E-state index contributed by atoms with van der Waals surface area (Å²) < 4.78 is 37.9. The Morgan fingerprint density at radius 1 is 0.903 bits per heavy atom. The number of esters is 3. The summed E-state index contributed by atoms with van der Waals surface area (Å²) in [5.74, 6) is -1.48. The van der Waals surface area contributed by atoms with E-state index in [2.05, 4.69) is 0 Å². The number of benzene rings is 1. The fraction of sp³-hybridized carbons (Fsp3) is 0.500. The van der Waals surface area contributed by atoms with E-state index in [1.54, 1.807) is 30.3 Å². The lowest BCUT2D eigenvalue weighted by atomic mass is 9.98. The molecule has 1 heterocycles. The van der Waals surface area contributed by atoms with E-state index in [0.717, 1.165) is 0 Å². The van der Waals surface area contributed by atoms with Crippen LogP contribution in [0.1, 0.15) is 20.8 Å². The van der Waals surface area contributed by atoms with Gasteiger partial charge in [-0.2, -0.15) is 0 Å². The van der Waals surface area contributed by atoms with Gasteiger partial charge in [0.1, 0.15) is 18.5 Å². The number of hydrogen-bond acceptors (Lipinski definition) is 11. The number of thiocarbonyl (C=S) groups is 1. The number of carbonyl (C=O) groups is 3. The van der Waals surface area contributed by atoms with Crippen molar-refractivity contribution < 1.29 is 47.5 Å². The van der Waals surface area contributed by atoms with Crippen molar-refractivity contribution in [1.29, 1.82) is 0 Å². The quantitative estimate of drug-likeness (QED) is 0.338. The Morgan fingerprint density at radius 2 is 1.52 bits per heavy atom. The first-order chi connectivity index (χ1) is 14.7. The second kappa shape index (κ2) is 11.6. The van der Waals surface area contributed by atoms with Crippen LogP contribution in [0, 0.1) is 0 Å². The largest absolute Gasteiger partial charge is 0.463 e. The van der Waals surface area contributed by atoms with Crippen LogP contribution in [0.15, 0.2) is 30.3 Å². The summed E-state index contributed by atoms with van der Waals surface area (Å²) in [5.41, 5.74) is 0. The molecule has 1 aromatic rings. The molecule has 0 bridgehead atoms. The van der Waals surface area contributed by atoms with Crippen molar-refractivity contribution >= 4 is 35.4 Å². The average molecular weight is 456 g/mol. The lowest BCUT2D eigenvalue weighted by Gasteiger charge is -2.43. The Kier molecular flexibility index (Phi) is 9.16. The van der Waals surface area contributed by atoms with Gasteiger partial charge in [-0.15, -0.1) is 0 Å². The van der Waals surface area contributed by atoms with E-state index >= 15 is 0 Å². The number of rotatable bonds is 7. The second-order valence-corrected chi connectivity index (χ2v) is 6.81. The molecule has 1 aromatic carbocycles. The van der Waals surface area contributed by atoms with Crippen LogP contribution >= 0.6 is 12.2 Å². The van der Waals surface area contributed by atoms with E-state index in [1.807, 2.05) is 0 Å². The predicted octanol–water partition coefficient (Wildman–Crippen LogP) is 1.53. The summed E-state index contributed by atoms with van der Waals surface area (Å²) in [5, 5.41) is -0.312. The van der Waals surface area contributed by atoms with Crippen molar-refractivity contribution in [3.63, 3.8) is 0 Å². The number of methoxy groups -OCH3 is 1. The Labute approximate surface area is 184 Å². The molecule has 5 atom stereocenters. The smallest absolute Gasteiger partial charge is 0.358 e. The minimum absolute atomic E-state index is 0.272. The van der Waals surface area contributed by atoms with Crippen molar-refractivity contribution in [2.75, 3.05) is 13.7 Å². The van der Waals surface area contributed by atoms with Crippen molar-refractivity contribution in [2.45, 2.75) is 51.5 Å². The standard InChI is InChI=1S/C20H24O10S/c1-11(21)25-10-15-16(26-12(2)22)17(18(27-13(3)23)19(24-4)29-15)30-20(31)28-14-8-6-5-7-9-14/h5-9,15-19H,10H2,1-4H3/t15-,16+,17+,18-,19+/m1/s1. The van der Waals surface area contributed by atoms with Crippen LogP contribution in [-0.2, 0) is 42.8 Å². The number of ether oxygens (including phenoxy) is 7. The monoisotopic (exact) mass is 456 g/mol. The molecule has 2 rings (SSSR count). The van der Waals surface area contributed by atoms with Gasteiger partial charge in [-0.25, -0.2) is 0 Å². The molecule has 1 aliphatic heterocycles. The summed E-state index contributed by atoms with van der Waals surface area (Å²) in [7, 11) is 1.33. The first-order valence-corrected chi connectivity index (χ1v) is 9.71. The van der Waals surface area contributed by atoms with E-state index in [-0.39, 0.29) is 11.8 Å². The fourth-order valence-corrected chi connectivity index (χ4v) is 3.11. The van der Waals surface area contributed by atoms with Gasteiger partial charge in [-0.3, -0.25) is 14.4 Å². The van der Waals surface area contributed by atoms with Gasteiger partial charge in [0.25, 0.3) is 0 Å². The van der Waals surface area contributed by atoms with Gasteiger partial charge in [0.05, 0.1) is 0 Å². The number of hydrogen-bond donors (Lipinski definition) is 0. The predicted molar refractivity (Wildman–Crippen MR) is 108 cm³/mol. The van der Waals surface area contributed by atoms with E-state index in [9.17, 15) is 14.4 Å². The summed E-state index contributed by atoms with van der Waals surface area (Å²) >= 11 is 5.18. The van der Waals surface area contributed by atoms with Crippen LogP contribution in [0.2, 0.25) is 0 Å². The van der Waals surface area contributed by atoms with E-state index in [4.69, 9.17) is 45.4 Å².